The molecule has 0 saturated heterocycles. The molecule has 3 aromatic rings. The first-order valence-electron chi connectivity index (χ1n) is 8.79. The Morgan fingerprint density at radius 2 is 1.85 bits per heavy atom. The molecule has 1 aromatic heterocycles. The van der Waals surface area contributed by atoms with Crippen molar-refractivity contribution in [3.8, 4) is 34.5 Å². The van der Waals surface area contributed by atoms with Gasteiger partial charge in [-0.2, -0.15) is 4.98 Å². The number of ether oxygens (including phenoxy) is 3. The zero-order valence-electron chi connectivity index (χ0n) is 15.0. The van der Waals surface area contributed by atoms with Crippen LogP contribution in [-0.4, -0.2) is 28.3 Å². The maximum atomic E-state index is 9.98. The van der Waals surface area contributed by atoms with Gasteiger partial charge in [0.15, 0.2) is 5.82 Å². The van der Waals surface area contributed by atoms with E-state index >= 15 is 0 Å². The maximum absolute atomic E-state index is 9.98. The summed E-state index contributed by atoms with van der Waals surface area (Å²) in [6.07, 6.45) is 3.99. The molecule has 6 nitrogen and oxygen atoms in total. The van der Waals surface area contributed by atoms with Crippen molar-refractivity contribution in [2.24, 2.45) is 0 Å². The first kappa shape index (κ1) is 17.1. The predicted octanol–water partition coefficient (Wildman–Crippen LogP) is 3.98. The minimum absolute atomic E-state index is 0.122. The van der Waals surface area contributed by atoms with Crippen LogP contribution in [-0.2, 0) is 6.61 Å². The first-order chi connectivity index (χ1) is 13.2. The molecule has 2 aromatic carbocycles. The third kappa shape index (κ3) is 4.47. The van der Waals surface area contributed by atoms with Crippen LogP contribution in [0.3, 0.4) is 0 Å². The van der Waals surface area contributed by atoms with Crippen molar-refractivity contribution < 1.29 is 19.3 Å². The molecule has 0 radical (unpaired) electrons. The summed E-state index contributed by atoms with van der Waals surface area (Å²) >= 11 is 0. The fraction of sp³-hybridized carbons (Fsp3) is 0.238. The Labute approximate surface area is 157 Å². The largest absolute Gasteiger partial charge is 0.508 e. The van der Waals surface area contributed by atoms with E-state index in [4.69, 9.17) is 14.2 Å². The SMILES string of the molecule is COc1ccc(COc2ccnc(-c3cc(O)cc(OC4CC4)c3)n2)cc1. The van der Waals surface area contributed by atoms with Crippen LogP contribution >= 0.6 is 0 Å². The highest BCUT2D eigenvalue weighted by Gasteiger charge is 2.24. The third-order valence-electron chi connectivity index (χ3n) is 4.15. The van der Waals surface area contributed by atoms with Gasteiger partial charge in [-0.05, 0) is 42.7 Å². The van der Waals surface area contributed by atoms with Crippen LogP contribution in [0.4, 0.5) is 0 Å². The summed E-state index contributed by atoms with van der Waals surface area (Å²) < 4.78 is 16.7. The van der Waals surface area contributed by atoms with E-state index < -0.39 is 0 Å². The lowest BCUT2D eigenvalue weighted by molar-refractivity contribution is 0.293. The quantitative estimate of drug-likeness (QED) is 0.684. The van der Waals surface area contributed by atoms with Gasteiger partial charge in [0.25, 0.3) is 0 Å². The summed E-state index contributed by atoms with van der Waals surface area (Å²) in [6, 6.07) is 14.4. The molecule has 27 heavy (non-hydrogen) atoms. The van der Waals surface area contributed by atoms with Gasteiger partial charge < -0.3 is 19.3 Å². The van der Waals surface area contributed by atoms with Gasteiger partial charge in [-0.3, -0.25) is 0 Å². The number of aromatic nitrogens is 2. The molecule has 0 bridgehead atoms. The Morgan fingerprint density at radius 3 is 2.59 bits per heavy atom. The summed E-state index contributed by atoms with van der Waals surface area (Å²) in [5, 5.41) is 9.98. The van der Waals surface area contributed by atoms with E-state index in [0.29, 0.717) is 29.6 Å². The third-order valence-corrected chi connectivity index (χ3v) is 4.15. The highest BCUT2D eigenvalue weighted by atomic mass is 16.5. The Kier molecular flexibility index (Phi) is 4.78. The number of nitrogens with zero attached hydrogens (tertiary/aromatic N) is 2. The van der Waals surface area contributed by atoms with E-state index in [1.165, 1.54) is 0 Å². The van der Waals surface area contributed by atoms with Crippen LogP contribution in [0.15, 0.2) is 54.7 Å². The van der Waals surface area contributed by atoms with Gasteiger partial charge in [0.05, 0.1) is 13.2 Å². The summed E-state index contributed by atoms with van der Waals surface area (Å²) in [5.41, 5.74) is 1.69. The minimum Gasteiger partial charge on any atom is -0.508 e. The second-order valence-electron chi connectivity index (χ2n) is 6.39. The molecule has 1 fully saturated rings. The van der Waals surface area contributed by atoms with Gasteiger partial charge >= 0.3 is 0 Å². The highest BCUT2D eigenvalue weighted by molar-refractivity contribution is 5.60. The lowest BCUT2D eigenvalue weighted by atomic mass is 10.2. The monoisotopic (exact) mass is 364 g/mol. The topological polar surface area (TPSA) is 73.7 Å². The highest BCUT2D eigenvalue weighted by Crippen LogP contribution is 2.32. The van der Waals surface area contributed by atoms with E-state index in [-0.39, 0.29) is 11.9 Å². The molecule has 0 spiro atoms. The standard InChI is InChI=1S/C21H20N2O4/c1-25-17-4-2-14(3-5-17)13-26-20-8-9-22-21(23-20)15-10-16(24)12-19(11-15)27-18-6-7-18/h2-5,8-12,18,24H,6-7,13H2,1H3. The Balaban J connectivity index is 1.49. The van der Waals surface area contributed by atoms with Crippen LogP contribution in [0.1, 0.15) is 18.4 Å². The maximum Gasteiger partial charge on any atom is 0.217 e. The van der Waals surface area contributed by atoms with Crippen molar-refractivity contribution in [3.63, 3.8) is 0 Å². The zero-order valence-corrected chi connectivity index (χ0v) is 15.0. The molecule has 138 valence electrons. The zero-order chi connectivity index (χ0) is 18.6. The second kappa shape index (κ2) is 7.53. The van der Waals surface area contributed by atoms with Crippen molar-refractivity contribution >= 4 is 0 Å². The molecule has 0 amide bonds. The van der Waals surface area contributed by atoms with E-state index in [9.17, 15) is 5.11 Å². The molecule has 0 atom stereocenters. The van der Waals surface area contributed by atoms with Crippen LogP contribution in [0.25, 0.3) is 11.4 Å². The number of benzene rings is 2. The van der Waals surface area contributed by atoms with Crippen LogP contribution in [0, 0.1) is 0 Å². The summed E-state index contributed by atoms with van der Waals surface area (Å²) in [6.45, 7) is 0.385. The second-order valence-corrected chi connectivity index (χ2v) is 6.39. The number of phenolic OH excluding ortho intramolecular Hbond substituents is 1. The van der Waals surface area contributed by atoms with E-state index in [1.807, 2.05) is 30.3 Å². The smallest absolute Gasteiger partial charge is 0.217 e. The molecular weight excluding hydrogens is 344 g/mol. The average molecular weight is 364 g/mol. The van der Waals surface area contributed by atoms with E-state index in [2.05, 4.69) is 9.97 Å². The molecule has 1 aliphatic rings. The summed E-state index contributed by atoms with van der Waals surface area (Å²) in [7, 11) is 1.64. The number of hydrogen-bond donors (Lipinski definition) is 1. The van der Waals surface area contributed by atoms with Crippen molar-refractivity contribution in [2.75, 3.05) is 7.11 Å². The van der Waals surface area contributed by atoms with Crippen molar-refractivity contribution in [1.29, 1.82) is 0 Å². The number of methoxy groups -OCH3 is 1. The van der Waals surface area contributed by atoms with Gasteiger partial charge in [0.2, 0.25) is 5.88 Å². The molecule has 4 rings (SSSR count). The number of phenols is 1. The molecule has 0 unspecified atom stereocenters. The van der Waals surface area contributed by atoms with Crippen molar-refractivity contribution in [2.45, 2.75) is 25.6 Å². The summed E-state index contributed by atoms with van der Waals surface area (Å²) in [4.78, 5) is 8.73. The molecule has 0 aliphatic heterocycles. The van der Waals surface area contributed by atoms with Gasteiger partial charge in [-0.25, -0.2) is 4.98 Å². The van der Waals surface area contributed by atoms with E-state index in [0.717, 1.165) is 24.2 Å². The van der Waals surface area contributed by atoms with Crippen molar-refractivity contribution in [1.82, 2.24) is 9.97 Å². The minimum atomic E-state index is 0.122. The lowest BCUT2D eigenvalue weighted by Crippen LogP contribution is -2.00. The Bertz CT molecular complexity index is 924. The van der Waals surface area contributed by atoms with Crippen LogP contribution in [0.2, 0.25) is 0 Å². The molecule has 1 heterocycles. The predicted molar refractivity (Wildman–Crippen MR) is 100 cm³/mol. The first-order valence-corrected chi connectivity index (χ1v) is 8.79. The molecule has 1 N–H and O–H groups in total. The fourth-order valence-electron chi connectivity index (χ4n) is 2.60. The Morgan fingerprint density at radius 1 is 1.04 bits per heavy atom. The lowest BCUT2D eigenvalue weighted by Gasteiger charge is -2.09. The molecule has 1 aliphatic carbocycles. The van der Waals surface area contributed by atoms with E-state index in [1.54, 1.807) is 31.5 Å². The van der Waals surface area contributed by atoms with Crippen LogP contribution < -0.4 is 14.2 Å². The van der Waals surface area contributed by atoms with Crippen molar-refractivity contribution in [3.05, 3.63) is 60.3 Å². The van der Waals surface area contributed by atoms with Gasteiger partial charge in [-0.15, -0.1) is 0 Å². The summed E-state index contributed by atoms with van der Waals surface area (Å²) in [5.74, 6) is 2.48. The fourth-order valence-corrected chi connectivity index (χ4v) is 2.60. The molecular formula is C21H20N2O4. The number of hydrogen-bond acceptors (Lipinski definition) is 6. The molecule has 6 heteroatoms. The normalized spacial score (nSPS) is 13.2. The van der Waals surface area contributed by atoms with Crippen LogP contribution in [0.5, 0.6) is 23.1 Å². The van der Waals surface area contributed by atoms with Gasteiger partial charge in [-0.1, -0.05) is 12.1 Å². The van der Waals surface area contributed by atoms with Gasteiger partial charge in [0.1, 0.15) is 23.9 Å². The van der Waals surface area contributed by atoms with Gasteiger partial charge in [0, 0.05) is 23.9 Å². The number of aromatic hydroxyl groups is 1. The number of rotatable bonds is 7. The molecule has 1 saturated carbocycles. The average Bonchev–Trinajstić information content (AvgIpc) is 3.50. The Hall–Kier alpha value is -3.28.